The van der Waals surface area contributed by atoms with Crippen molar-refractivity contribution in [2.24, 2.45) is 0 Å². The molecule has 16 heteroatoms. The van der Waals surface area contributed by atoms with E-state index in [1.165, 1.54) is 34.2 Å². The molecule has 2 saturated heterocycles. The molecule has 8 nitrogen and oxygen atoms in total. The van der Waals surface area contributed by atoms with Crippen LogP contribution < -0.4 is 0 Å². The summed E-state index contributed by atoms with van der Waals surface area (Å²) in [7, 11) is 2.78. The predicted molar refractivity (Wildman–Crippen MR) is 199 cm³/mol. The number of nitrogens with zero attached hydrogens (tertiary/aromatic N) is 6. The number of hydrogen-bond acceptors (Lipinski definition) is 8. The molecule has 4 heterocycles. The van der Waals surface area contributed by atoms with E-state index in [4.69, 9.17) is 79.1 Å². The Hall–Kier alpha value is -2.48. The Morgan fingerprint density at radius 3 is 1.38 bits per heavy atom. The SMILES string of the molecule is Clc1ccc(C2OC2(Cn2ncnc2SSc2ncnn2CC2(c3ccccc3Cl)OC2c2ccc(Cl)cc2Cl)c2ccccc2Cl)c(Cl)c1. The summed E-state index contributed by atoms with van der Waals surface area (Å²) in [4.78, 5) is 9.10. The maximum Gasteiger partial charge on any atom is 0.197 e. The zero-order chi connectivity index (χ0) is 34.6. The van der Waals surface area contributed by atoms with Crippen LogP contribution in [0.4, 0.5) is 0 Å². The summed E-state index contributed by atoms with van der Waals surface area (Å²) < 4.78 is 16.5. The van der Waals surface area contributed by atoms with Gasteiger partial charge in [-0.05, 0) is 58.0 Å². The van der Waals surface area contributed by atoms with Crippen molar-refractivity contribution >= 4 is 91.2 Å². The molecule has 4 unspecified atom stereocenters. The first-order valence-corrected chi connectivity index (χ1v) is 19.5. The lowest BCUT2D eigenvalue weighted by molar-refractivity contribution is 0.256. The number of ether oxygens (including phenoxy) is 2. The van der Waals surface area contributed by atoms with Gasteiger partial charge in [-0.3, -0.25) is 0 Å². The molecule has 2 aliphatic rings. The van der Waals surface area contributed by atoms with E-state index in [2.05, 4.69) is 20.2 Å². The topological polar surface area (TPSA) is 86.5 Å². The first-order chi connectivity index (χ1) is 24.2. The van der Waals surface area contributed by atoms with E-state index in [0.29, 0.717) is 53.5 Å². The molecule has 6 aromatic rings. The van der Waals surface area contributed by atoms with E-state index in [1.807, 2.05) is 60.7 Å². The number of hydrogen-bond donors (Lipinski definition) is 0. The molecule has 0 spiro atoms. The van der Waals surface area contributed by atoms with Crippen molar-refractivity contribution in [3.8, 4) is 0 Å². The molecule has 50 heavy (non-hydrogen) atoms. The maximum absolute atomic E-state index is 6.73. The normalized spacial score (nSPS) is 22.5. The van der Waals surface area contributed by atoms with Gasteiger partial charge in [0.15, 0.2) is 10.3 Å². The van der Waals surface area contributed by atoms with Gasteiger partial charge in [0.1, 0.15) is 36.1 Å². The van der Waals surface area contributed by atoms with Crippen molar-refractivity contribution in [2.75, 3.05) is 0 Å². The van der Waals surface area contributed by atoms with Crippen molar-refractivity contribution in [2.45, 2.75) is 46.8 Å². The van der Waals surface area contributed by atoms with Crippen LogP contribution in [0.25, 0.3) is 0 Å². The summed E-state index contributed by atoms with van der Waals surface area (Å²) in [5, 5.41) is 13.6. The highest BCUT2D eigenvalue weighted by Gasteiger charge is 2.61. The Balaban J connectivity index is 1.05. The number of benzene rings is 4. The summed E-state index contributed by atoms with van der Waals surface area (Å²) in [5.41, 5.74) is 1.57. The van der Waals surface area contributed by atoms with E-state index in [9.17, 15) is 0 Å². The first-order valence-electron chi connectivity index (χ1n) is 15.0. The van der Waals surface area contributed by atoms with Crippen LogP contribution in [0, 0.1) is 0 Å². The molecule has 4 aromatic carbocycles. The highest BCUT2D eigenvalue weighted by Crippen LogP contribution is 2.62. The quantitative estimate of drug-likeness (QED) is 0.0943. The summed E-state index contributed by atoms with van der Waals surface area (Å²) in [6.07, 6.45) is 2.25. The van der Waals surface area contributed by atoms with Crippen molar-refractivity contribution in [1.82, 2.24) is 29.5 Å². The molecule has 0 amide bonds. The highest BCUT2D eigenvalue weighted by molar-refractivity contribution is 8.76. The van der Waals surface area contributed by atoms with Gasteiger partial charge in [0.2, 0.25) is 0 Å². The van der Waals surface area contributed by atoms with Gasteiger partial charge in [-0.1, -0.05) is 118 Å². The number of halogens is 6. The standard InChI is InChI=1S/C34H22Cl6N6O2S2/c35-19-9-11-21(27(39)13-19)29-33(47-29,23-5-1-3-7-25(23)37)15-45-31(41-17-43-45)49-50-32-42-18-44-46(32)16-34(24-6-2-4-8-26(24)38)30(48-34)22-12-10-20(36)14-28(22)40/h1-14,17-18,29-30H,15-16H2. The fraction of sp³-hybridized carbons (Fsp3) is 0.176. The van der Waals surface area contributed by atoms with Crippen LogP contribution in [0.5, 0.6) is 0 Å². The predicted octanol–water partition coefficient (Wildman–Crippen LogP) is 10.9. The van der Waals surface area contributed by atoms with Gasteiger partial charge < -0.3 is 9.47 Å². The van der Waals surface area contributed by atoms with Crippen molar-refractivity contribution in [1.29, 1.82) is 0 Å². The maximum atomic E-state index is 6.73. The molecule has 254 valence electrons. The van der Waals surface area contributed by atoms with Gasteiger partial charge in [0, 0.05) is 52.4 Å². The van der Waals surface area contributed by atoms with E-state index < -0.39 is 11.2 Å². The van der Waals surface area contributed by atoms with Gasteiger partial charge in [0.05, 0.1) is 13.1 Å². The number of epoxide rings is 2. The minimum atomic E-state index is -0.841. The van der Waals surface area contributed by atoms with Crippen LogP contribution in [0.3, 0.4) is 0 Å². The third-order valence-corrected chi connectivity index (χ3v) is 12.6. The summed E-state index contributed by atoms with van der Waals surface area (Å²) >= 11 is 39.1. The minimum absolute atomic E-state index is 0.322. The van der Waals surface area contributed by atoms with Gasteiger partial charge in [0.25, 0.3) is 0 Å². The Morgan fingerprint density at radius 1 is 0.560 bits per heavy atom. The van der Waals surface area contributed by atoms with Crippen LogP contribution in [0.1, 0.15) is 34.5 Å². The molecule has 8 rings (SSSR count). The van der Waals surface area contributed by atoms with E-state index in [0.717, 1.165) is 22.3 Å². The summed E-state index contributed by atoms with van der Waals surface area (Å²) in [5.74, 6) is 0. The van der Waals surface area contributed by atoms with Crippen molar-refractivity contribution < 1.29 is 9.47 Å². The van der Waals surface area contributed by atoms with Gasteiger partial charge in [-0.15, -0.1) is 0 Å². The molecule has 0 radical (unpaired) electrons. The van der Waals surface area contributed by atoms with Crippen LogP contribution >= 0.6 is 91.2 Å². The summed E-state index contributed by atoms with van der Waals surface area (Å²) in [6.45, 7) is 0.645. The average molecular weight is 823 g/mol. The molecule has 4 atom stereocenters. The van der Waals surface area contributed by atoms with Crippen LogP contribution in [-0.2, 0) is 33.8 Å². The van der Waals surface area contributed by atoms with E-state index >= 15 is 0 Å². The third kappa shape index (κ3) is 6.42. The minimum Gasteiger partial charge on any atom is -0.354 e. The lowest BCUT2D eigenvalue weighted by Crippen LogP contribution is -2.21. The van der Waals surface area contributed by atoms with Gasteiger partial charge in [-0.2, -0.15) is 10.2 Å². The Labute approximate surface area is 324 Å². The summed E-state index contributed by atoms with van der Waals surface area (Å²) in [6, 6.07) is 25.9. The molecule has 0 aliphatic carbocycles. The van der Waals surface area contributed by atoms with Crippen molar-refractivity contribution in [3.05, 3.63) is 150 Å². The second-order valence-electron chi connectivity index (χ2n) is 11.6. The van der Waals surface area contributed by atoms with E-state index in [1.54, 1.807) is 33.6 Å². The largest absolute Gasteiger partial charge is 0.354 e. The molecule has 2 aliphatic heterocycles. The molecular formula is C34H22Cl6N6O2S2. The fourth-order valence-electron chi connectivity index (χ4n) is 6.21. The van der Waals surface area contributed by atoms with Crippen molar-refractivity contribution in [3.63, 3.8) is 0 Å². The zero-order valence-corrected chi connectivity index (χ0v) is 31.6. The molecule has 0 saturated carbocycles. The molecule has 0 bridgehead atoms. The lowest BCUT2D eigenvalue weighted by Gasteiger charge is -2.18. The Morgan fingerprint density at radius 2 is 0.980 bits per heavy atom. The van der Waals surface area contributed by atoms with Crippen LogP contribution in [0.2, 0.25) is 30.1 Å². The molecule has 2 fully saturated rings. The first kappa shape index (κ1) is 34.6. The van der Waals surface area contributed by atoms with Gasteiger partial charge >= 0.3 is 0 Å². The zero-order valence-electron chi connectivity index (χ0n) is 25.4. The lowest BCUT2D eigenvalue weighted by atomic mass is 9.91. The molecule has 2 aromatic heterocycles. The smallest absolute Gasteiger partial charge is 0.197 e. The highest BCUT2D eigenvalue weighted by atomic mass is 35.5. The molecular weight excluding hydrogens is 801 g/mol. The molecule has 0 N–H and O–H groups in total. The van der Waals surface area contributed by atoms with Crippen LogP contribution in [0.15, 0.2) is 108 Å². The van der Waals surface area contributed by atoms with E-state index in [-0.39, 0.29) is 12.2 Å². The third-order valence-electron chi connectivity index (χ3n) is 8.66. The average Bonchev–Trinajstić information content (AvgIpc) is 3.84. The second kappa shape index (κ2) is 13.8. The number of rotatable bonds is 11. The Bertz CT molecular complexity index is 2080. The van der Waals surface area contributed by atoms with Crippen LogP contribution in [-0.4, -0.2) is 29.5 Å². The number of aromatic nitrogens is 6. The fourth-order valence-corrected chi connectivity index (χ4v) is 9.76. The van der Waals surface area contributed by atoms with Gasteiger partial charge in [-0.25, -0.2) is 19.3 Å². The second-order valence-corrected chi connectivity index (χ2v) is 16.2. The monoisotopic (exact) mass is 820 g/mol. The Kier molecular flexibility index (Phi) is 9.56.